The van der Waals surface area contributed by atoms with Crippen molar-refractivity contribution in [3.63, 3.8) is 0 Å². The van der Waals surface area contributed by atoms with E-state index < -0.39 is 0 Å². The lowest BCUT2D eigenvalue weighted by atomic mass is 10.2. The zero-order valence-electron chi connectivity index (χ0n) is 11.0. The molecule has 0 bridgehead atoms. The summed E-state index contributed by atoms with van der Waals surface area (Å²) in [5.74, 6) is 2.49. The van der Waals surface area contributed by atoms with Crippen LogP contribution in [0.3, 0.4) is 0 Å². The van der Waals surface area contributed by atoms with Crippen LogP contribution in [-0.4, -0.2) is 27.7 Å². The molecule has 1 aromatic carbocycles. The molecule has 1 N–H and O–H groups in total. The molecule has 1 saturated heterocycles. The topological polar surface area (TPSA) is 51.0 Å². The van der Waals surface area contributed by atoms with Crippen LogP contribution in [0.1, 0.15) is 18.7 Å². The molecule has 0 radical (unpaired) electrons. The van der Waals surface area contributed by atoms with E-state index in [1.807, 2.05) is 36.0 Å². The summed E-state index contributed by atoms with van der Waals surface area (Å²) in [6, 6.07) is 7.85. The quantitative estimate of drug-likeness (QED) is 0.891. The van der Waals surface area contributed by atoms with Gasteiger partial charge in [-0.1, -0.05) is 12.1 Å². The second kappa shape index (κ2) is 6.74. The van der Waals surface area contributed by atoms with Crippen molar-refractivity contribution in [2.24, 2.45) is 0 Å². The Kier molecular flexibility index (Phi) is 4.75. The maximum atomic E-state index is 5.69. The Hall–Kier alpha value is -0.850. The van der Waals surface area contributed by atoms with Gasteiger partial charge in [0.2, 0.25) is 11.8 Å². The van der Waals surface area contributed by atoms with Crippen molar-refractivity contribution in [3.05, 3.63) is 34.6 Å². The number of benzene rings is 1. The first-order chi connectivity index (χ1) is 9.83. The summed E-state index contributed by atoms with van der Waals surface area (Å²) in [6.07, 6.45) is 2.65. The van der Waals surface area contributed by atoms with Gasteiger partial charge in [-0.2, -0.15) is 11.8 Å². The van der Waals surface area contributed by atoms with Gasteiger partial charge in [0.05, 0.1) is 12.1 Å². The fraction of sp³-hybridized carbons (Fsp3) is 0.429. The van der Waals surface area contributed by atoms with Gasteiger partial charge in [0.15, 0.2) is 0 Å². The highest BCUT2D eigenvalue weighted by Gasteiger charge is 2.15. The number of hydrogen-bond donors (Lipinski definition) is 1. The number of rotatable bonds is 5. The van der Waals surface area contributed by atoms with E-state index in [1.165, 1.54) is 18.6 Å². The number of aromatic nitrogens is 2. The van der Waals surface area contributed by atoms with E-state index in [-0.39, 0.29) is 0 Å². The number of thioether (sulfide) groups is 1. The molecule has 1 fully saturated rings. The van der Waals surface area contributed by atoms with Crippen LogP contribution in [0.2, 0.25) is 0 Å². The molecule has 1 atom stereocenters. The Labute approximate surface area is 130 Å². The van der Waals surface area contributed by atoms with Gasteiger partial charge in [0.25, 0.3) is 0 Å². The zero-order chi connectivity index (χ0) is 13.8. The van der Waals surface area contributed by atoms with Gasteiger partial charge in [0, 0.05) is 16.3 Å². The first-order valence-corrected chi connectivity index (χ1v) is 8.57. The SMILES string of the molecule is Brc1ccccc1-c1nnc(CNCC2CCCS2)o1. The molecule has 2 aromatic rings. The van der Waals surface area contributed by atoms with E-state index in [1.54, 1.807) is 0 Å². The molecule has 20 heavy (non-hydrogen) atoms. The van der Waals surface area contributed by atoms with Crippen molar-refractivity contribution >= 4 is 27.7 Å². The normalized spacial score (nSPS) is 18.6. The maximum absolute atomic E-state index is 5.69. The molecule has 0 amide bonds. The summed E-state index contributed by atoms with van der Waals surface area (Å²) in [6.45, 7) is 1.64. The summed E-state index contributed by atoms with van der Waals surface area (Å²) in [5, 5.41) is 12.3. The third-order valence-corrected chi connectivity index (χ3v) is 5.33. The Balaban J connectivity index is 1.58. The van der Waals surface area contributed by atoms with Crippen LogP contribution in [0.5, 0.6) is 0 Å². The van der Waals surface area contributed by atoms with Crippen LogP contribution in [0, 0.1) is 0 Å². The maximum Gasteiger partial charge on any atom is 0.248 e. The average Bonchev–Trinajstić information content (AvgIpc) is 3.11. The lowest BCUT2D eigenvalue weighted by Crippen LogP contribution is -2.22. The highest BCUT2D eigenvalue weighted by atomic mass is 79.9. The first kappa shape index (κ1) is 14.1. The summed E-state index contributed by atoms with van der Waals surface area (Å²) in [7, 11) is 0. The molecule has 1 unspecified atom stereocenters. The highest BCUT2D eigenvalue weighted by Crippen LogP contribution is 2.27. The summed E-state index contributed by atoms with van der Waals surface area (Å²) >= 11 is 5.54. The predicted molar refractivity (Wildman–Crippen MR) is 84.6 cm³/mol. The molecule has 2 heterocycles. The van der Waals surface area contributed by atoms with Gasteiger partial charge < -0.3 is 9.73 Å². The van der Waals surface area contributed by atoms with Crippen LogP contribution in [0.4, 0.5) is 0 Å². The molecule has 6 heteroatoms. The standard InChI is InChI=1S/C14H16BrN3OS/c15-12-6-2-1-5-11(12)14-18-17-13(19-14)9-16-8-10-4-3-7-20-10/h1-2,5-6,10,16H,3-4,7-9H2. The van der Waals surface area contributed by atoms with Crippen molar-refractivity contribution in [2.75, 3.05) is 12.3 Å². The van der Waals surface area contributed by atoms with Gasteiger partial charge in [-0.25, -0.2) is 0 Å². The molecule has 1 aromatic heterocycles. The first-order valence-electron chi connectivity index (χ1n) is 6.72. The van der Waals surface area contributed by atoms with Gasteiger partial charge in [-0.05, 0) is 46.7 Å². The smallest absolute Gasteiger partial charge is 0.248 e. The lowest BCUT2D eigenvalue weighted by Gasteiger charge is -2.07. The van der Waals surface area contributed by atoms with Gasteiger partial charge in [-0.15, -0.1) is 10.2 Å². The van der Waals surface area contributed by atoms with Crippen molar-refractivity contribution in [3.8, 4) is 11.5 Å². The molecular formula is C14H16BrN3OS. The van der Waals surface area contributed by atoms with Crippen molar-refractivity contribution in [2.45, 2.75) is 24.6 Å². The number of nitrogens with one attached hydrogen (secondary N) is 1. The van der Waals surface area contributed by atoms with Crippen molar-refractivity contribution in [1.29, 1.82) is 0 Å². The monoisotopic (exact) mass is 353 g/mol. The van der Waals surface area contributed by atoms with E-state index >= 15 is 0 Å². The third kappa shape index (κ3) is 3.42. The van der Waals surface area contributed by atoms with E-state index in [0.717, 1.165) is 21.8 Å². The summed E-state index contributed by atoms with van der Waals surface area (Å²) in [5.41, 5.74) is 0.928. The second-order valence-electron chi connectivity index (χ2n) is 4.75. The zero-order valence-corrected chi connectivity index (χ0v) is 13.4. The molecule has 0 spiro atoms. The number of halogens is 1. The van der Waals surface area contributed by atoms with Gasteiger partial charge >= 0.3 is 0 Å². The molecule has 1 aliphatic heterocycles. The third-order valence-electron chi connectivity index (χ3n) is 3.24. The van der Waals surface area contributed by atoms with E-state index in [4.69, 9.17) is 4.42 Å². The molecule has 3 rings (SSSR count). The van der Waals surface area contributed by atoms with Crippen LogP contribution in [-0.2, 0) is 6.54 Å². The molecule has 4 nitrogen and oxygen atoms in total. The average molecular weight is 354 g/mol. The molecule has 0 aliphatic carbocycles. The van der Waals surface area contributed by atoms with Crippen molar-refractivity contribution in [1.82, 2.24) is 15.5 Å². The largest absolute Gasteiger partial charge is 0.419 e. The predicted octanol–water partition coefficient (Wildman–Crippen LogP) is 3.48. The Bertz CT molecular complexity index is 569. The highest BCUT2D eigenvalue weighted by molar-refractivity contribution is 9.10. The fourth-order valence-electron chi connectivity index (χ4n) is 2.21. The van der Waals surface area contributed by atoms with E-state index in [0.29, 0.717) is 18.3 Å². The van der Waals surface area contributed by atoms with Gasteiger partial charge in [-0.3, -0.25) is 0 Å². The van der Waals surface area contributed by atoms with E-state index in [2.05, 4.69) is 31.4 Å². The van der Waals surface area contributed by atoms with Crippen LogP contribution >= 0.6 is 27.7 Å². The fourth-order valence-corrected chi connectivity index (χ4v) is 3.90. The Morgan fingerprint density at radius 1 is 1.35 bits per heavy atom. The minimum atomic E-state index is 0.560. The van der Waals surface area contributed by atoms with Gasteiger partial charge in [0.1, 0.15) is 0 Å². The Morgan fingerprint density at radius 2 is 2.25 bits per heavy atom. The second-order valence-corrected chi connectivity index (χ2v) is 7.01. The minimum Gasteiger partial charge on any atom is -0.419 e. The summed E-state index contributed by atoms with van der Waals surface area (Å²) in [4.78, 5) is 0. The van der Waals surface area contributed by atoms with Crippen LogP contribution in [0.15, 0.2) is 33.2 Å². The molecular weight excluding hydrogens is 338 g/mol. The van der Waals surface area contributed by atoms with Crippen LogP contribution in [0.25, 0.3) is 11.5 Å². The number of nitrogens with zero attached hydrogens (tertiary/aromatic N) is 2. The van der Waals surface area contributed by atoms with E-state index in [9.17, 15) is 0 Å². The number of hydrogen-bond acceptors (Lipinski definition) is 5. The van der Waals surface area contributed by atoms with Crippen LogP contribution < -0.4 is 5.32 Å². The van der Waals surface area contributed by atoms with Crippen molar-refractivity contribution < 1.29 is 4.42 Å². The Morgan fingerprint density at radius 3 is 3.05 bits per heavy atom. The lowest BCUT2D eigenvalue weighted by molar-refractivity contribution is 0.476. The molecule has 0 saturated carbocycles. The summed E-state index contributed by atoms with van der Waals surface area (Å²) < 4.78 is 6.66. The molecule has 106 valence electrons. The minimum absolute atomic E-state index is 0.560. The molecule has 1 aliphatic rings.